The number of carbonyl (C=O) groups excluding carboxylic acids is 1. The number of nitrogens with zero attached hydrogens (tertiary/aromatic N) is 1. The maximum Gasteiger partial charge on any atom is 0.263 e. The van der Waals surface area contributed by atoms with Crippen molar-refractivity contribution in [3.05, 3.63) is 59.1 Å². The van der Waals surface area contributed by atoms with Crippen LogP contribution in [0.5, 0.6) is 5.75 Å². The van der Waals surface area contributed by atoms with Crippen molar-refractivity contribution in [3.63, 3.8) is 0 Å². The molecule has 1 heterocycles. The Bertz CT molecular complexity index is 676. The summed E-state index contributed by atoms with van der Waals surface area (Å²) >= 11 is 3.39. The maximum absolute atomic E-state index is 12.6. The van der Waals surface area contributed by atoms with E-state index in [9.17, 15) is 4.79 Å². The van der Waals surface area contributed by atoms with Crippen LogP contribution in [0.4, 0.5) is 5.69 Å². The Labute approximate surface area is 150 Å². The van der Waals surface area contributed by atoms with E-state index < -0.39 is 6.10 Å². The summed E-state index contributed by atoms with van der Waals surface area (Å²) in [7, 11) is 0. The number of hydrogen-bond donors (Lipinski definition) is 1. The van der Waals surface area contributed by atoms with Gasteiger partial charge < -0.3 is 15.0 Å². The van der Waals surface area contributed by atoms with Crippen LogP contribution in [0.1, 0.15) is 13.3 Å². The molecule has 2 aromatic carbocycles. The zero-order valence-electron chi connectivity index (χ0n) is 13.6. The number of likely N-dealkylation sites (tertiary alicyclic amines) is 1. The second-order valence-corrected chi connectivity index (χ2v) is 6.91. The molecule has 3 rings (SSSR count). The summed E-state index contributed by atoms with van der Waals surface area (Å²) in [6.07, 6.45) is 0.465. The molecule has 4 nitrogen and oxygen atoms in total. The minimum Gasteiger partial charge on any atom is -0.481 e. The first-order valence-electron chi connectivity index (χ1n) is 8.14. The quantitative estimate of drug-likeness (QED) is 0.843. The van der Waals surface area contributed by atoms with Crippen LogP contribution in [0.2, 0.25) is 0 Å². The summed E-state index contributed by atoms with van der Waals surface area (Å²) in [5.74, 6) is 0.743. The summed E-state index contributed by atoms with van der Waals surface area (Å²) in [5.41, 5.74) is 1.09. The van der Waals surface area contributed by atoms with Crippen LogP contribution in [0.3, 0.4) is 0 Å². The molecule has 0 bridgehead atoms. The molecule has 2 aromatic rings. The normalized spacial score (nSPS) is 18.2. The van der Waals surface area contributed by atoms with Crippen molar-refractivity contribution in [3.8, 4) is 5.75 Å². The van der Waals surface area contributed by atoms with Gasteiger partial charge in [-0.3, -0.25) is 4.79 Å². The Kier molecular flexibility index (Phi) is 5.41. The summed E-state index contributed by atoms with van der Waals surface area (Å²) in [5, 5.41) is 3.48. The first-order chi connectivity index (χ1) is 11.6. The number of amides is 1. The van der Waals surface area contributed by atoms with Crippen molar-refractivity contribution in [2.45, 2.75) is 25.5 Å². The van der Waals surface area contributed by atoms with Crippen molar-refractivity contribution in [2.75, 3.05) is 18.4 Å². The topological polar surface area (TPSA) is 41.6 Å². The van der Waals surface area contributed by atoms with E-state index in [0.717, 1.165) is 23.1 Å². The van der Waals surface area contributed by atoms with Crippen molar-refractivity contribution >= 4 is 27.5 Å². The van der Waals surface area contributed by atoms with E-state index in [1.807, 2.05) is 66.4 Å². The molecule has 2 unspecified atom stereocenters. The molecule has 24 heavy (non-hydrogen) atoms. The predicted octanol–water partition coefficient (Wildman–Crippen LogP) is 3.93. The van der Waals surface area contributed by atoms with E-state index in [4.69, 9.17) is 4.74 Å². The highest BCUT2D eigenvalue weighted by Gasteiger charge is 2.29. The zero-order chi connectivity index (χ0) is 16.9. The van der Waals surface area contributed by atoms with E-state index in [0.29, 0.717) is 12.3 Å². The minimum absolute atomic E-state index is 0.0373. The van der Waals surface area contributed by atoms with E-state index in [1.54, 1.807) is 0 Å². The fourth-order valence-corrected chi connectivity index (χ4v) is 3.14. The molecule has 0 aromatic heterocycles. The Hall–Kier alpha value is -2.01. The lowest BCUT2D eigenvalue weighted by Crippen LogP contribution is -2.40. The van der Waals surface area contributed by atoms with Gasteiger partial charge in [0.05, 0.1) is 0 Å². The van der Waals surface area contributed by atoms with Gasteiger partial charge in [0, 0.05) is 29.3 Å². The van der Waals surface area contributed by atoms with E-state index in [2.05, 4.69) is 21.2 Å². The van der Waals surface area contributed by atoms with Gasteiger partial charge in [-0.05, 0) is 49.7 Å². The first-order valence-corrected chi connectivity index (χ1v) is 8.94. The molecule has 0 aliphatic carbocycles. The summed E-state index contributed by atoms with van der Waals surface area (Å²) < 4.78 is 6.75. The monoisotopic (exact) mass is 388 g/mol. The number of benzene rings is 2. The average Bonchev–Trinajstić information content (AvgIpc) is 3.05. The number of anilines is 1. The van der Waals surface area contributed by atoms with Gasteiger partial charge in [0.1, 0.15) is 5.75 Å². The highest BCUT2D eigenvalue weighted by atomic mass is 79.9. The number of nitrogens with one attached hydrogen (secondary N) is 1. The lowest BCUT2D eigenvalue weighted by atomic mass is 10.2. The second-order valence-electron chi connectivity index (χ2n) is 5.99. The third kappa shape index (κ3) is 4.29. The highest BCUT2D eigenvalue weighted by Crippen LogP contribution is 2.20. The van der Waals surface area contributed by atoms with Gasteiger partial charge in [-0.1, -0.05) is 34.1 Å². The molecule has 1 aliphatic rings. The van der Waals surface area contributed by atoms with E-state index >= 15 is 0 Å². The maximum atomic E-state index is 12.6. The van der Waals surface area contributed by atoms with Crippen molar-refractivity contribution in [1.29, 1.82) is 0 Å². The minimum atomic E-state index is -0.485. The Morgan fingerprint density at radius 3 is 2.62 bits per heavy atom. The standard InChI is InChI=1S/C19H21BrN2O2/c1-14(24-18-9-7-15(20)8-10-18)19(23)22-12-11-17(13-22)21-16-5-3-2-4-6-16/h2-10,14,17,21H,11-13H2,1H3. The van der Waals surface area contributed by atoms with Crippen molar-refractivity contribution in [1.82, 2.24) is 4.90 Å². The number of halogens is 1. The summed E-state index contributed by atoms with van der Waals surface area (Å²) in [6, 6.07) is 17.9. The molecule has 0 saturated carbocycles. The van der Waals surface area contributed by atoms with Gasteiger partial charge in [0.25, 0.3) is 5.91 Å². The second kappa shape index (κ2) is 7.71. The number of para-hydroxylation sites is 1. The van der Waals surface area contributed by atoms with Crippen LogP contribution in [0, 0.1) is 0 Å². The van der Waals surface area contributed by atoms with Gasteiger partial charge in [0.2, 0.25) is 0 Å². The summed E-state index contributed by atoms with van der Waals surface area (Å²) in [4.78, 5) is 14.5. The number of rotatable bonds is 5. The highest BCUT2D eigenvalue weighted by molar-refractivity contribution is 9.10. The van der Waals surface area contributed by atoms with Gasteiger partial charge in [-0.2, -0.15) is 0 Å². The average molecular weight is 389 g/mol. The molecular formula is C19H21BrN2O2. The molecule has 1 fully saturated rings. The SMILES string of the molecule is CC(Oc1ccc(Br)cc1)C(=O)N1CCC(Nc2ccccc2)C1. The molecular weight excluding hydrogens is 368 g/mol. The lowest BCUT2D eigenvalue weighted by Gasteiger charge is -2.22. The van der Waals surface area contributed by atoms with E-state index in [1.165, 1.54) is 0 Å². The molecule has 2 atom stereocenters. The van der Waals surface area contributed by atoms with Crippen molar-refractivity contribution < 1.29 is 9.53 Å². The van der Waals surface area contributed by atoms with Crippen LogP contribution in [0.15, 0.2) is 59.1 Å². The number of ether oxygens (including phenoxy) is 1. The molecule has 0 spiro atoms. The Morgan fingerprint density at radius 2 is 1.92 bits per heavy atom. The molecule has 0 radical (unpaired) electrons. The van der Waals surface area contributed by atoms with Crippen LogP contribution in [-0.2, 0) is 4.79 Å². The number of hydrogen-bond acceptors (Lipinski definition) is 3. The van der Waals surface area contributed by atoms with Gasteiger partial charge >= 0.3 is 0 Å². The third-order valence-electron chi connectivity index (χ3n) is 4.12. The fourth-order valence-electron chi connectivity index (χ4n) is 2.87. The van der Waals surface area contributed by atoms with Crippen LogP contribution < -0.4 is 10.1 Å². The first kappa shape index (κ1) is 16.8. The largest absolute Gasteiger partial charge is 0.481 e. The Balaban J connectivity index is 1.53. The lowest BCUT2D eigenvalue weighted by molar-refractivity contribution is -0.136. The van der Waals surface area contributed by atoms with Gasteiger partial charge in [0.15, 0.2) is 6.10 Å². The molecule has 1 N–H and O–H groups in total. The van der Waals surface area contributed by atoms with Crippen molar-refractivity contribution in [2.24, 2.45) is 0 Å². The van der Waals surface area contributed by atoms with Crippen LogP contribution >= 0.6 is 15.9 Å². The van der Waals surface area contributed by atoms with E-state index in [-0.39, 0.29) is 11.9 Å². The predicted molar refractivity (Wildman–Crippen MR) is 99.3 cm³/mol. The zero-order valence-corrected chi connectivity index (χ0v) is 15.2. The third-order valence-corrected chi connectivity index (χ3v) is 4.65. The summed E-state index contributed by atoms with van der Waals surface area (Å²) in [6.45, 7) is 3.28. The van der Waals surface area contributed by atoms with Crippen LogP contribution in [-0.4, -0.2) is 36.0 Å². The molecule has 5 heteroatoms. The van der Waals surface area contributed by atoms with Crippen LogP contribution in [0.25, 0.3) is 0 Å². The molecule has 126 valence electrons. The number of carbonyl (C=O) groups is 1. The smallest absolute Gasteiger partial charge is 0.263 e. The van der Waals surface area contributed by atoms with Gasteiger partial charge in [-0.15, -0.1) is 0 Å². The van der Waals surface area contributed by atoms with Gasteiger partial charge in [-0.25, -0.2) is 0 Å². The molecule has 1 aliphatic heterocycles. The fraction of sp³-hybridized carbons (Fsp3) is 0.316. The Morgan fingerprint density at radius 1 is 1.21 bits per heavy atom. The molecule has 1 amide bonds. The molecule has 1 saturated heterocycles.